The van der Waals surface area contributed by atoms with E-state index < -0.39 is 0 Å². The van der Waals surface area contributed by atoms with Crippen molar-refractivity contribution in [2.45, 2.75) is 85.1 Å². The smallest absolute Gasteiger partial charge is 0.253 e. The molecule has 0 unspecified atom stereocenters. The Kier molecular flexibility index (Phi) is 32.9. The fourth-order valence-corrected chi connectivity index (χ4v) is 4.32. The van der Waals surface area contributed by atoms with Gasteiger partial charge in [0.1, 0.15) is 41.5 Å². The quantitative estimate of drug-likeness (QED) is 0.120. The molecule has 0 fully saturated rings. The summed E-state index contributed by atoms with van der Waals surface area (Å²) in [6.07, 6.45) is 13.9. The monoisotopic (exact) mass is 801 g/mol. The van der Waals surface area contributed by atoms with Crippen molar-refractivity contribution in [2.24, 2.45) is 49.3 Å². The summed E-state index contributed by atoms with van der Waals surface area (Å²) >= 11 is 1.72. The van der Waals surface area contributed by atoms with Gasteiger partial charge in [-0.25, -0.2) is 37.4 Å². The first-order chi connectivity index (χ1) is 21.6. The number of H-pyrrole nitrogens is 1. The third kappa shape index (κ3) is 21.0. The van der Waals surface area contributed by atoms with Crippen molar-refractivity contribution in [3.05, 3.63) is 124 Å². The van der Waals surface area contributed by atoms with E-state index in [0.29, 0.717) is 0 Å². The van der Waals surface area contributed by atoms with Gasteiger partial charge in [-0.2, -0.15) is 35.9 Å². The Morgan fingerprint density at radius 1 is 0.765 bits per heavy atom. The van der Waals surface area contributed by atoms with Crippen LogP contribution in [0.2, 0.25) is 0 Å². The van der Waals surface area contributed by atoms with Gasteiger partial charge in [0, 0.05) is 86.8 Å². The van der Waals surface area contributed by atoms with Crippen LogP contribution >= 0.6 is 11.3 Å². The number of benzene rings is 1. The summed E-state index contributed by atoms with van der Waals surface area (Å²) in [5.41, 5.74) is 7.22. The summed E-state index contributed by atoms with van der Waals surface area (Å²) in [5, 5.41) is 0. The maximum Gasteiger partial charge on any atom is 0.253 e. The summed E-state index contributed by atoms with van der Waals surface area (Å²) in [5.74, 6) is 3.63. The van der Waals surface area contributed by atoms with Crippen LogP contribution in [0.5, 0.6) is 0 Å². The van der Waals surface area contributed by atoms with Gasteiger partial charge < -0.3 is 4.57 Å². The maximum absolute atomic E-state index is 3.98. The second kappa shape index (κ2) is 29.4. The van der Waals surface area contributed by atoms with Crippen LogP contribution in [-0.4, -0.2) is 23.3 Å². The molecule has 0 aliphatic heterocycles. The molecule has 1 N–H and O–H groups in total. The third-order valence-corrected chi connectivity index (χ3v) is 8.63. The van der Waals surface area contributed by atoms with Crippen LogP contribution in [0.1, 0.15) is 74.7 Å². The normalized spacial score (nSPS) is 8.69. The van der Waals surface area contributed by atoms with Crippen molar-refractivity contribution in [1.82, 2.24) is 23.3 Å². The Bertz CT molecular complexity index is 1560. The number of hydrogen-bond acceptors (Lipinski definition) is 2. The number of aromatic nitrogens is 9. The number of hydrogen-bond donors (Lipinski definition) is 0. The van der Waals surface area contributed by atoms with Crippen molar-refractivity contribution >= 4 is 11.3 Å². The molecule has 0 aliphatic rings. The molecule has 0 bridgehead atoms. The molecular formula is C40H74N9SY+3. The molecule has 1 radical (unpaired) electrons. The average molecular weight is 802 g/mol. The van der Waals surface area contributed by atoms with E-state index in [2.05, 4.69) is 108 Å². The summed E-state index contributed by atoms with van der Waals surface area (Å²) in [6, 6.07) is 10.8. The second-order valence-corrected chi connectivity index (χ2v) is 12.5. The SMILES string of the molecule is C.C.C.C.Cc1c(C)[n+](C)c(C)n1C.Cc1c[n+](C)cn1C.Cc1c[nH+]cs1.Cc1cc[c-]cc1.Cc1n(C)cc[n+]1C.Cc1nccn1C.[Y]. The van der Waals surface area contributed by atoms with E-state index in [1.807, 2.05) is 112 Å². The number of nitrogens with zero attached hydrogens (tertiary/aromatic N) is 8. The molecule has 0 atom stereocenters. The number of aromatic amines is 1. The van der Waals surface area contributed by atoms with Crippen LogP contribution in [0.4, 0.5) is 0 Å². The first-order valence-corrected chi connectivity index (χ1v) is 16.2. The van der Waals surface area contributed by atoms with Gasteiger partial charge in [0.2, 0.25) is 11.8 Å². The van der Waals surface area contributed by atoms with Gasteiger partial charge >= 0.3 is 0 Å². The zero-order valence-electron chi connectivity index (χ0n) is 31.5. The van der Waals surface area contributed by atoms with Gasteiger partial charge in [-0.3, -0.25) is 0 Å². The third-order valence-electron chi connectivity index (χ3n) is 7.88. The Hall–Kier alpha value is -3.21. The zero-order chi connectivity index (χ0) is 35.0. The Labute approximate surface area is 342 Å². The summed E-state index contributed by atoms with van der Waals surface area (Å²) in [6.45, 7) is 16.7. The molecule has 285 valence electrons. The molecule has 1 aromatic carbocycles. The van der Waals surface area contributed by atoms with E-state index in [9.17, 15) is 0 Å². The van der Waals surface area contributed by atoms with Gasteiger partial charge in [0.15, 0.2) is 6.20 Å². The van der Waals surface area contributed by atoms with Gasteiger partial charge in [-0.05, 0) is 13.8 Å². The van der Waals surface area contributed by atoms with Crippen molar-refractivity contribution in [3.63, 3.8) is 0 Å². The fourth-order valence-electron chi connectivity index (χ4n) is 3.87. The van der Waals surface area contributed by atoms with Crippen LogP contribution in [0.3, 0.4) is 0 Å². The number of nitrogens with one attached hydrogen (secondary N) is 1. The molecular weight excluding hydrogens is 727 g/mol. The fraction of sp³-hybridized carbons (Fsp3) is 0.475. The molecule has 0 aliphatic carbocycles. The Balaban J connectivity index is -0.000000164. The van der Waals surface area contributed by atoms with Crippen LogP contribution in [-0.2, 0) is 82.0 Å². The molecule has 0 saturated carbocycles. The minimum absolute atomic E-state index is 0. The number of aryl methyl sites for hydroxylation is 9. The summed E-state index contributed by atoms with van der Waals surface area (Å²) in [7, 11) is 14.3. The minimum Gasteiger partial charge on any atom is -0.338 e. The molecule has 6 rings (SSSR count). The Morgan fingerprint density at radius 2 is 1.33 bits per heavy atom. The van der Waals surface area contributed by atoms with Crippen LogP contribution in [0.15, 0.2) is 73.3 Å². The molecule has 0 amide bonds. The van der Waals surface area contributed by atoms with E-state index in [-0.39, 0.29) is 62.4 Å². The van der Waals surface area contributed by atoms with Crippen molar-refractivity contribution in [2.75, 3.05) is 0 Å². The number of thiazole rings is 1. The summed E-state index contributed by atoms with van der Waals surface area (Å²) in [4.78, 5) is 8.26. The minimum atomic E-state index is 0. The molecule has 6 aromatic rings. The van der Waals surface area contributed by atoms with Gasteiger partial charge in [-0.15, -0.1) is 0 Å². The maximum atomic E-state index is 3.98. The number of rotatable bonds is 0. The first-order valence-electron chi connectivity index (χ1n) is 15.3. The predicted molar refractivity (Wildman–Crippen MR) is 214 cm³/mol. The van der Waals surface area contributed by atoms with Crippen molar-refractivity contribution in [3.8, 4) is 0 Å². The molecule has 0 saturated heterocycles. The van der Waals surface area contributed by atoms with Crippen molar-refractivity contribution < 1.29 is 51.4 Å². The van der Waals surface area contributed by atoms with E-state index in [4.69, 9.17) is 0 Å². The number of imidazole rings is 4. The topological polar surface area (TPSA) is 58.4 Å². The molecule has 5 aromatic heterocycles. The predicted octanol–water partition coefficient (Wildman–Crippen LogP) is 7.03. The standard InChI is InChI=1S/C8H15N2.C7H7.2C6H11N2.C5H8N2.C4H5NS.4CH4.Y/c1-6-7(2)10(5)8(3)9(6)4;1-7-5-3-2-4-6-7;1-6-4-7(2)5-8(6)3;1-6-7(2)4-5-8(6)3;1-5-6-3-4-7(5)2;1-4-2-5-3-6-4;;;;;/h1-5H3;3-6H,1H3;2*4-5H,1-3H3;3-4H,1-2H3;2-3H,1H3;4*1H4;/q+1;-1;2*+1;;;;;;;/p+1. The average Bonchev–Trinajstić information content (AvgIpc) is 3.83. The van der Waals surface area contributed by atoms with E-state index >= 15 is 0 Å². The largest absolute Gasteiger partial charge is 0.338 e. The zero-order valence-corrected chi connectivity index (χ0v) is 35.1. The Morgan fingerprint density at radius 3 is 1.47 bits per heavy atom. The molecule has 9 nitrogen and oxygen atoms in total. The van der Waals surface area contributed by atoms with Crippen molar-refractivity contribution in [1.29, 1.82) is 0 Å². The molecule has 11 heteroatoms. The van der Waals surface area contributed by atoms with Gasteiger partial charge in [0.25, 0.3) is 11.6 Å². The van der Waals surface area contributed by atoms with Gasteiger partial charge in [-0.1, -0.05) is 48.0 Å². The molecule has 0 spiro atoms. The van der Waals surface area contributed by atoms with Crippen LogP contribution in [0.25, 0.3) is 0 Å². The summed E-state index contributed by atoms with van der Waals surface area (Å²) < 4.78 is 14.7. The molecule has 51 heavy (non-hydrogen) atoms. The van der Waals surface area contributed by atoms with Gasteiger partial charge in [0.05, 0.1) is 47.2 Å². The van der Waals surface area contributed by atoms with Crippen LogP contribution < -0.4 is 18.7 Å². The van der Waals surface area contributed by atoms with Crippen LogP contribution in [0, 0.1) is 61.5 Å². The second-order valence-electron chi connectivity index (χ2n) is 11.4. The van der Waals surface area contributed by atoms with E-state index in [1.165, 1.54) is 39.2 Å². The molecule has 5 heterocycles. The first kappa shape index (κ1) is 57.1. The van der Waals surface area contributed by atoms with E-state index in [0.717, 1.165) is 5.82 Å². The van der Waals surface area contributed by atoms with E-state index in [1.54, 1.807) is 17.5 Å².